The molecule has 1 aromatic rings. The van der Waals surface area contributed by atoms with Crippen molar-refractivity contribution in [3.63, 3.8) is 0 Å². The highest BCUT2D eigenvalue weighted by atomic mass is 32.1. The van der Waals surface area contributed by atoms with E-state index < -0.39 is 12.0 Å². The van der Waals surface area contributed by atoms with Crippen molar-refractivity contribution in [2.24, 2.45) is 0 Å². The predicted octanol–water partition coefficient (Wildman–Crippen LogP) is 1.47. The zero-order valence-corrected chi connectivity index (χ0v) is 12.3. The molecule has 2 heterocycles. The largest absolute Gasteiger partial charge is 0.480 e. The number of amides is 2. The van der Waals surface area contributed by atoms with Crippen LogP contribution in [0.2, 0.25) is 0 Å². The summed E-state index contributed by atoms with van der Waals surface area (Å²) in [5, 5.41) is 11.2. The van der Waals surface area contributed by atoms with Gasteiger partial charge in [-0.25, -0.2) is 9.59 Å². The molecule has 2 atom stereocenters. The second kappa shape index (κ2) is 6.23. The Balaban J connectivity index is 2.04. The fraction of sp³-hybridized carbons (Fsp3) is 0.538. The molecule has 1 aliphatic rings. The first-order chi connectivity index (χ1) is 9.52. The number of aliphatic carboxylic acids is 1. The number of carbonyl (C=O) groups excluding carboxylic acids is 1. The molecule has 20 heavy (non-hydrogen) atoms. The summed E-state index contributed by atoms with van der Waals surface area (Å²) in [6.07, 6.45) is 0.125. The third kappa shape index (κ3) is 3.10. The summed E-state index contributed by atoms with van der Waals surface area (Å²) in [6, 6.07) is 2.80. The predicted molar refractivity (Wildman–Crippen MR) is 74.7 cm³/mol. The zero-order chi connectivity index (χ0) is 14.7. The Morgan fingerprint density at radius 1 is 1.60 bits per heavy atom. The number of thiophene rings is 1. The number of methoxy groups -OCH3 is 1. The second-order valence-corrected chi connectivity index (χ2v) is 5.85. The SMILES string of the molecule is COC1CC(C(=O)O)N(C(=O)N(C)Cc2cccs2)C1. The Bertz CT molecular complexity index is 477. The highest BCUT2D eigenvalue weighted by Gasteiger charge is 2.40. The van der Waals surface area contributed by atoms with Gasteiger partial charge < -0.3 is 19.6 Å². The molecule has 0 saturated carbocycles. The molecule has 110 valence electrons. The lowest BCUT2D eigenvalue weighted by molar-refractivity contribution is -0.141. The van der Waals surface area contributed by atoms with Crippen molar-refractivity contribution in [2.45, 2.75) is 25.1 Å². The second-order valence-electron chi connectivity index (χ2n) is 4.82. The molecule has 0 bridgehead atoms. The summed E-state index contributed by atoms with van der Waals surface area (Å²) in [5.41, 5.74) is 0. The molecule has 2 unspecified atom stereocenters. The van der Waals surface area contributed by atoms with E-state index in [2.05, 4.69) is 0 Å². The third-order valence-electron chi connectivity index (χ3n) is 3.43. The first-order valence-corrected chi connectivity index (χ1v) is 7.20. The van der Waals surface area contributed by atoms with Crippen LogP contribution in [0.5, 0.6) is 0 Å². The van der Waals surface area contributed by atoms with Crippen molar-refractivity contribution < 1.29 is 19.4 Å². The van der Waals surface area contributed by atoms with E-state index in [1.54, 1.807) is 23.3 Å². The van der Waals surface area contributed by atoms with Crippen molar-refractivity contribution >= 4 is 23.3 Å². The van der Waals surface area contributed by atoms with Crippen LogP contribution in [0.15, 0.2) is 17.5 Å². The maximum atomic E-state index is 12.4. The van der Waals surface area contributed by atoms with Gasteiger partial charge in [0.1, 0.15) is 6.04 Å². The van der Waals surface area contributed by atoms with E-state index in [-0.39, 0.29) is 12.1 Å². The van der Waals surface area contributed by atoms with Crippen LogP contribution in [0.25, 0.3) is 0 Å². The average Bonchev–Trinajstić information content (AvgIpc) is 3.06. The molecule has 2 rings (SSSR count). The summed E-state index contributed by atoms with van der Waals surface area (Å²) in [4.78, 5) is 27.6. The van der Waals surface area contributed by atoms with Gasteiger partial charge in [-0.3, -0.25) is 0 Å². The first-order valence-electron chi connectivity index (χ1n) is 6.32. The van der Waals surface area contributed by atoms with E-state index in [9.17, 15) is 14.7 Å². The van der Waals surface area contributed by atoms with E-state index in [0.717, 1.165) is 4.88 Å². The first kappa shape index (κ1) is 14.8. The Morgan fingerprint density at radius 2 is 2.35 bits per heavy atom. The van der Waals surface area contributed by atoms with Gasteiger partial charge in [-0.1, -0.05) is 6.07 Å². The van der Waals surface area contributed by atoms with Gasteiger partial charge in [0, 0.05) is 32.0 Å². The average molecular weight is 298 g/mol. The van der Waals surface area contributed by atoms with Crippen LogP contribution in [-0.2, 0) is 16.1 Å². The molecule has 0 radical (unpaired) electrons. The molecule has 1 saturated heterocycles. The summed E-state index contributed by atoms with van der Waals surface area (Å²) in [5.74, 6) is -0.984. The maximum absolute atomic E-state index is 12.4. The van der Waals surface area contributed by atoms with Gasteiger partial charge in [0.25, 0.3) is 0 Å². The van der Waals surface area contributed by atoms with Crippen LogP contribution in [-0.4, -0.2) is 59.8 Å². The van der Waals surface area contributed by atoms with Crippen molar-refractivity contribution in [1.29, 1.82) is 0 Å². The molecular formula is C13H18N2O4S. The van der Waals surface area contributed by atoms with Crippen LogP contribution in [0.3, 0.4) is 0 Å². The highest BCUT2D eigenvalue weighted by Crippen LogP contribution is 2.22. The molecule has 1 aliphatic heterocycles. The minimum absolute atomic E-state index is 0.213. The number of ether oxygens (including phenoxy) is 1. The number of carbonyl (C=O) groups is 2. The van der Waals surface area contributed by atoms with Crippen molar-refractivity contribution in [3.8, 4) is 0 Å². The summed E-state index contributed by atoms with van der Waals surface area (Å²) in [6.45, 7) is 0.804. The van der Waals surface area contributed by atoms with Crippen LogP contribution >= 0.6 is 11.3 Å². The van der Waals surface area contributed by atoms with Gasteiger partial charge in [-0.05, 0) is 11.4 Å². The summed E-state index contributed by atoms with van der Waals surface area (Å²) >= 11 is 1.57. The molecule has 1 aromatic heterocycles. The number of nitrogens with zero attached hydrogens (tertiary/aromatic N) is 2. The van der Waals surface area contributed by atoms with Crippen LogP contribution in [0.4, 0.5) is 4.79 Å². The zero-order valence-electron chi connectivity index (χ0n) is 11.5. The smallest absolute Gasteiger partial charge is 0.326 e. The molecule has 1 N–H and O–H groups in total. The molecular weight excluding hydrogens is 280 g/mol. The van der Waals surface area contributed by atoms with Crippen LogP contribution < -0.4 is 0 Å². The number of carboxylic acids is 1. The normalized spacial score (nSPS) is 22.0. The fourth-order valence-corrected chi connectivity index (χ4v) is 3.09. The lowest BCUT2D eigenvalue weighted by Crippen LogP contribution is -2.46. The molecule has 1 fully saturated rings. The number of rotatable bonds is 4. The van der Waals surface area contributed by atoms with Gasteiger partial charge >= 0.3 is 12.0 Å². The van der Waals surface area contributed by atoms with Gasteiger partial charge in [0.15, 0.2) is 0 Å². The third-order valence-corrected chi connectivity index (χ3v) is 4.29. The fourth-order valence-electron chi connectivity index (χ4n) is 2.34. The van der Waals surface area contributed by atoms with Crippen molar-refractivity contribution in [2.75, 3.05) is 20.7 Å². The van der Waals surface area contributed by atoms with Crippen LogP contribution in [0.1, 0.15) is 11.3 Å². The van der Waals surface area contributed by atoms with E-state index in [1.165, 1.54) is 12.0 Å². The van der Waals surface area contributed by atoms with E-state index in [4.69, 9.17) is 4.74 Å². The quantitative estimate of drug-likeness (QED) is 0.914. The lowest BCUT2D eigenvalue weighted by atomic mass is 10.2. The van der Waals surface area contributed by atoms with E-state index >= 15 is 0 Å². The van der Waals surface area contributed by atoms with Gasteiger partial charge in [-0.2, -0.15) is 0 Å². The van der Waals surface area contributed by atoms with Gasteiger partial charge in [-0.15, -0.1) is 11.3 Å². The van der Waals surface area contributed by atoms with E-state index in [1.807, 2.05) is 17.5 Å². The Morgan fingerprint density at radius 3 is 2.90 bits per heavy atom. The number of hydrogen-bond donors (Lipinski definition) is 1. The van der Waals surface area contributed by atoms with Crippen molar-refractivity contribution in [1.82, 2.24) is 9.80 Å². The van der Waals surface area contributed by atoms with Gasteiger partial charge in [0.05, 0.1) is 12.6 Å². The molecule has 6 nitrogen and oxygen atoms in total. The molecule has 0 spiro atoms. The monoisotopic (exact) mass is 298 g/mol. The minimum atomic E-state index is -0.984. The molecule has 0 aromatic carbocycles. The topological polar surface area (TPSA) is 70.1 Å². The number of urea groups is 1. The number of hydrogen-bond acceptors (Lipinski definition) is 4. The Kier molecular flexibility index (Phi) is 4.61. The summed E-state index contributed by atoms with van der Waals surface area (Å²) in [7, 11) is 3.22. The Hall–Kier alpha value is -1.60. The summed E-state index contributed by atoms with van der Waals surface area (Å²) < 4.78 is 5.18. The van der Waals surface area contributed by atoms with Crippen LogP contribution in [0, 0.1) is 0 Å². The molecule has 7 heteroatoms. The number of carboxylic acid groups (broad SMARTS) is 1. The highest BCUT2D eigenvalue weighted by molar-refractivity contribution is 7.09. The number of likely N-dealkylation sites (tertiary alicyclic amines) is 1. The van der Waals surface area contributed by atoms with E-state index in [0.29, 0.717) is 19.5 Å². The standard InChI is InChI=1S/C13H18N2O4S/c1-14(8-10-4-3-5-20-10)13(18)15-7-9(19-2)6-11(15)12(16)17/h3-5,9,11H,6-8H2,1-2H3,(H,16,17). The lowest BCUT2D eigenvalue weighted by Gasteiger charge is -2.27. The molecule has 0 aliphatic carbocycles. The van der Waals surface area contributed by atoms with Gasteiger partial charge in [0.2, 0.25) is 0 Å². The van der Waals surface area contributed by atoms with Crippen molar-refractivity contribution in [3.05, 3.63) is 22.4 Å². The maximum Gasteiger partial charge on any atom is 0.326 e. The molecule has 2 amide bonds. The minimum Gasteiger partial charge on any atom is -0.480 e. The Labute approximate surface area is 121 Å².